The Morgan fingerprint density at radius 2 is 1.90 bits per heavy atom. The molecular weight excluding hydrogens is 262 g/mol. The number of rotatable bonds is 5. The molecule has 21 heavy (non-hydrogen) atoms. The number of carbonyl (C=O) groups is 1. The molecule has 1 atom stereocenters. The second kappa shape index (κ2) is 8.03. The van der Waals surface area contributed by atoms with Gasteiger partial charge in [-0.1, -0.05) is 38.3 Å². The molecule has 4 nitrogen and oxygen atoms in total. The smallest absolute Gasteiger partial charge is 0.241 e. The van der Waals surface area contributed by atoms with E-state index in [-0.39, 0.29) is 5.91 Å². The Balaban J connectivity index is 2.10. The maximum absolute atomic E-state index is 12.2. The summed E-state index contributed by atoms with van der Waals surface area (Å²) in [5.41, 5.74) is 7.91. The van der Waals surface area contributed by atoms with Crippen LogP contribution in [0.3, 0.4) is 0 Å². The van der Waals surface area contributed by atoms with Crippen molar-refractivity contribution in [2.24, 2.45) is 5.73 Å². The van der Waals surface area contributed by atoms with Gasteiger partial charge in [-0.25, -0.2) is 0 Å². The third-order valence-corrected chi connectivity index (χ3v) is 4.05. The molecule has 0 spiro atoms. The molecule has 1 heterocycles. The van der Waals surface area contributed by atoms with E-state index in [4.69, 9.17) is 5.73 Å². The molecule has 0 bridgehead atoms. The van der Waals surface area contributed by atoms with Gasteiger partial charge < -0.3 is 16.0 Å². The van der Waals surface area contributed by atoms with Crippen LogP contribution >= 0.6 is 0 Å². The highest BCUT2D eigenvalue weighted by molar-refractivity contribution is 5.97. The van der Waals surface area contributed by atoms with E-state index in [1.54, 1.807) is 0 Å². The van der Waals surface area contributed by atoms with Crippen molar-refractivity contribution in [3.8, 4) is 0 Å². The highest BCUT2D eigenvalue weighted by Crippen LogP contribution is 2.28. The molecule has 1 unspecified atom stereocenters. The van der Waals surface area contributed by atoms with Gasteiger partial charge in [0.05, 0.1) is 17.4 Å². The summed E-state index contributed by atoms with van der Waals surface area (Å²) in [6.07, 6.45) is 6.67. The zero-order valence-corrected chi connectivity index (χ0v) is 13.0. The minimum absolute atomic E-state index is 0.0841. The summed E-state index contributed by atoms with van der Waals surface area (Å²) in [6, 6.07) is 7.62. The molecule has 4 heteroatoms. The van der Waals surface area contributed by atoms with Crippen molar-refractivity contribution in [1.29, 1.82) is 0 Å². The molecule has 0 aliphatic carbocycles. The lowest BCUT2D eigenvalue weighted by Gasteiger charge is -2.26. The van der Waals surface area contributed by atoms with Gasteiger partial charge in [0.2, 0.25) is 5.91 Å². The standard InChI is InChI=1S/C17H27N3O/c1-2-9-14(18)17(21)19-15-10-5-6-11-16(15)20-12-7-3-4-8-13-20/h5-6,10-11,14H,2-4,7-9,12-13,18H2,1H3,(H,19,21). The van der Waals surface area contributed by atoms with Gasteiger partial charge in [0.15, 0.2) is 0 Å². The SMILES string of the molecule is CCCC(N)C(=O)Nc1ccccc1N1CCCCCC1. The molecule has 116 valence electrons. The number of amides is 1. The average Bonchev–Trinajstić information content (AvgIpc) is 2.77. The van der Waals surface area contributed by atoms with E-state index in [0.717, 1.165) is 37.3 Å². The summed E-state index contributed by atoms with van der Waals surface area (Å²) >= 11 is 0. The summed E-state index contributed by atoms with van der Waals surface area (Å²) in [7, 11) is 0. The maximum atomic E-state index is 12.2. The van der Waals surface area contributed by atoms with Crippen LogP contribution in [-0.2, 0) is 4.79 Å². The maximum Gasteiger partial charge on any atom is 0.241 e. The Morgan fingerprint density at radius 1 is 1.24 bits per heavy atom. The zero-order chi connectivity index (χ0) is 15.1. The van der Waals surface area contributed by atoms with E-state index in [0.29, 0.717) is 0 Å². The van der Waals surface area contributed by atoms with Crippen LogP contribution in [0.5, 0.6) is 0 Å². The summed E-state index contributed by atoms with van der Waals surface area (Å²) in [5.74, 6) is -0.0841. The Kier molecular flexibility index (Phi) is 6.05. The van der Waals surface area contributed by atoms with Crippen LogP contribution in [0.4, 0.5) is 11.4 Å². The van der Waals surface area contributed by atoms with Crippen LogP contribution in [0.25, 0.3) is 0 Å². The molecular formula is C17H27N3O. The number of nitrogens with zero attached hydrogens (tertiary/aromatic N) is 1. The Hall–Kier alpha value is -1.55. The van der Waals surface area contributed by atoms with Gasteiger partial charge in [-0.05, 0) is 31.4 Å². The average molecular weight is 289 g/mol. The third kappa shape index (κ3) is 4.46. The second-order valence-electron chi connectivity index (χ2n) is 5.80. The van der Waals surface area contributed by atoms with Crippen molar-refractivity contribution in [2.75, 3.05) is 23.3 Å². The van der Waals surface area contributed by atoms with E-state index >= 15 is 0 Å². The van der Waals surface area contributed by atoms with E-state index in [1.165, 1.54) is 25.7 Å². The van der Waals surface area contributed by atoms with Crippen LogP contribution in [0, 0.1) is 0 Å². The van der Waals surface area contributed by atoms with Gasteiger partial charge in [0, 0.05) is 13.1 Å². The number of nitrogens with one attached hydrogen (secondary N) is 1. The zero-order valence-electron chi connectivity index (χ0n) is 13.0. The number of carbonyl (C=O) groups excluding carboxylic acids is 1. The molecule has 1 aromatic carbocycles. The first-order valence-corrected chi connectivity index (χ1v) is 8.12. The van der Waals surface area contributed by atoms with E-state index in [9.17, 15) is 4.79 Å². The summed E-state index contributed by atoms with van der Waals surface area (Å²) < 4.78 is 0. The monoisotopic (exact) mass is 289 g/mol. The van der Waals surface area contributed by atoms with Crippen molar-refractivity contribution in [3.63, 3.8) is 0 Å². The van der Waals surface area contributed by atoms with Crippen LogP contribution in [0.15, 0.2) is 24.3 Å². The highest BCUT2D eigenvalue weighted by atomic mass is 16.2. The van der Waals surface area contributed by atoms with Gasteiger partial charge in [-0.3, -0.25) is 4.79 Å². The highest BCUT2D eigenvalue weighted by Gasteiger charge is 2.17. The first-order valence-electron chi connectivity index (χ1n) is 8.12. The predicted octanol–water partition coefficient (Wildman–Crippen LogP) is 3.13. The van der Waals surface area contributed by atoms with Crippen LogP contribution < -0.4 is 16.0 Å². The number of benzene rings is 1. The summed E-state index contributed by atoms with van der Waals surface area (Å²) in [5, 5.41) is 3.01. The van der Waals surface area contributed by atoms with Gasteiger partial charge in [-0.2, -0.15) is 0 Å². The molecule has 0 aromatic heterocycles. The fourth-order valence-corrected chi connectivity index (χ4v) is 2.83. The van der Waals surface area contributed by atoms with Gasteiger partial charge in [0.1, 0.15) is 0 Å². The molecule has 0 saturated carbocycles. The molecule has 0 radical (unpaired) electrons. The Morgan fingerprint density at radius 3 is 2.57 bits per heavy atom. The van der Waals surface area contributed by atoms with Crippen molar-refractivity contribution in [1.82, 2.24) is 0 Å². The lowest BCUT2D eigenvalue weighted by Crippen LogP contribution is -2.36. The first kappa shape index (κ1) is 15.8. The number of hydrogen-bond acceptors (Lipinski definition) is 3. The quantitative estimate of drug-likeness (QED) is 0.875. The van der Waals surface area contributed by atoms with Gasteiger partial charge in [0.25, 0.3) is 0 Å². The molecule has 2 rings (SSSR count). The van der Waals surface area contributed by atoms with Crippen molar-refractivity contribution in [3.05, 3.63) is 24.3 Å². The number of hydrogen-bond donors (Lipinski definition) is 2. The van der Waals surface area contributed by atoms with Crippen LogP contribution in [0.2, 0.25) is 0 Å². The fraction of sp³-hybridized carbons (Fsp3) is 0.588. The van der Waals surface area contributed by atoms with Crippen molar-refractivity contribution in [2.45, 2.75) is 51.5 Å². The normalized spacial score (nSPS) is 17.1. The fourth-order valence-electron chi connectivity index (χ4n) is 2.83. The van der Waals surface area contributed by atoms with Crippen LogP contribution in [0.1, 0.15) is 45.4 Å². The number of para-hydroxylation sites is 2. The number of nitrogens with two attached hydrogens (primary N) is 1. The molecule has 1 amide bonds. The molecule has 1 saturated heterocycles. The molecule has 1 aromatic rings. The van der Waals surface area contributed by atoms with Crippen molar-refractivity contribution >= 4 is 17.3 Å². The Labute approximate surface area is 127 Å². The lowest BCUT2D eigenvalue weighted by molar-refractivity contribution is -0.117. The summed E-state index contributed by atoms with van der Waals surface area (Å²) in [6.45, 7) is 4.17. The van der Waals surface area contributed by atoms with E-state index in [2.05, 4.69) is 16.3 Å². The minimum Gasteiger partial charge on any atom is -0.370 e. The largest absolute Gasteiger partial charge is 0.370 e. The predicted molar refractivity (Wildman–Crippen MR) is 88.6 cm³/mol. The van der Waals surface area contributed by atoms with E-state index in [1.807, 2.05) is 25.1 Å². The molecule has 1 aliphatic rings. The topological polar surface area (TPSA) is 58.4 Å². The van der Waals surface area contributed by atoms with E-state index < -0.39 is 6.04 Å². The summed E-state index contributed by atoms with van der Waals surface area (Å²) in [4.78, 5) is 14.5. The molecule has 1 fully saturated rings. The minimum atomic E-state index is -0.424. The molecule has 1 aliphatic heterocycles. The second-order valence-corrected chi connectivity index (χ2v) is 5.80. The van der Waals surface area contributed by atoms with Gasteiger partial charge >= 0.3 is 0 Å². The molecule has 3 N–H and O–H groups in total. The van der Waals surface area contributed by atoms with Gasteiger partial charge in [-0.15, -0.1) is 0 Å². The number of anilines is 2. The third-order valence-electron chi connectivity index (χ3n) is 4.05. The first-order chi connectivity index (χ1) is 10.2. The van der Waals surface area contributed by atoms with Crippen LogP contribution in [-0.4, -0.2) is 25.0 Å². The van der Waals surface area contributed by atoms with Crippen molar-refractivity contribution < 1.29 is 4.79 Å². The lowest BCUT2D eigenvalue weighted by atomic mass is 10.1. The Bertz CT molecular complexity index is 453.